The summed E-state index contributed by atoms with van der Waals surface area (Å²) < 4.78 is 36.9. The highest BCUT2D eigenvalue weighted by atomic mass is 79.9. The van der Waals surface area contributed by atoms with Crippen molar-refractivity contribution >= 4 is 15.9 Å². The van der Waals surface area contributed by atoms with E-state index in [0.717, 1.165) is 6.07 Å². The quantitative estimate of drug-likeness (QED) is 0.844. The molecule has 3 rings (SSSR count). The van der Waals surface area contributed by atoms with Crippen LogP contribution in [0.1, 0.15) is 11.8 Å². The molecule has 1 fully saturated rings. The van der Waals surface area contributed by atoms with Crippen molar-refractivity contribution in [2.24, 2.45) is 5.73 Å². The Morgan fingerprint density at radius 2 is 2.10 bits per heavy atom. The molecule has 0 spiro atoms. The molecule has 1 aromatic heterocycles. The van der Waals surface area contributed by atoms with E-state index < -0.39 is 11.6 Å². The van der Waals surface area contributed by atoms with Gasteiger partial charge in [-0.15, -0.1) is 0 Å². The van der Waals surface area contributed by atoms with Crippen molar-refractivity contribution in [3.05, 3.63) is 34.1 Å². The Morgan fingerprint density at radius 3 is 2.80 bits per heavy atom. The van der Waals surface area contributed by atoms with Crippen molar-refractivity contribution in [1.29, 1.82) is 0 Å². The Morgan fingerprint density at radius 1 is 1.30 bits per heavy atom. The van der Waals surface area contributed by atoms with Gasteiger partial charge in [0, 0.05) is 11.6 Å². The molecule has 0 saturated carbocycles. The van der Waals surface area contributed by atoms with E-state index in [9.17, 15) is 8.78 Å². The first-order valence-electron chi connectivity index (χ1n) is 5.88. The van der Waals surface area contributed by atoms with Gasteiger partial charge < -0.3 is 15.0 Å². The first-order valence-corrected chi connectivity index (χ1v) is 6.68. The number of rotatable bonds is 2. The maximum absolute atomic E-state index is 13.5. The molecule has 106 valence electrons. The van der Waals surface area contributed by atoms with E-state index in [1.807, 2.05) is 0 Å². The first-order chi connectivity index (χ1) is 9.58. The molecular formula is C12H10BrF2N3O2. The minimum Gasteiger partial charge on any atom is -0.379 e. The summed E-state index contributed by atoms with van der Waals surface area (Å²) >= 11 is 2.99. The fraction of sp³-hybridized carbons (Fsp3) is 0.333. The van der Waals surface area contributed by atoms with Crippen LogP contribution in [0.3, 0.4) is 0 Å². The van der Waals surface area contributed by atoms with Gasteiger partial charge >= 0.3 is 0 Å². The summed E-state index contributed by atoms with van der Waals surface area (Å²) in [4.78, 5) is 4.19. The van der Waals surface area contributed by atoms with Crippen LogP contribution in [0.25, 0.3) is 11.4 Å². The fourth-order valence-electron chi connectivity index (χ4n) is 2.02. The lowest BCUT2D eigenvalue weighted by atomic mass is 10.1. The Hall–Kier alpha value is -1.38. The summed E-state index contributed by atoms with van der Waals surface area (Å²) in [6.45, 7) is 0.832. The molecule has 5 nitrogen and oxygen atoms in total. The molecule has 20 heavy (non-hydrogen) atoms. The Bertz CT molecular complexity index is 650. The van der Waals surface area contributed by atoms with Crippen molar-refractivity contribution < 1.29 is 18.0 Å². The van der Waals surface area contributed by atoms with Gasteiger partial charge in [0.15, 0.2) is 11.6 Å². The van der Waals surface area contributed by atoms with Crippen molar-refractivity contribution in [3.63, 3.8) is 0 Å². The van der Waals surface area contributed by atoms with Crippen LogP contribution >= 0.6 is 15.9 Å². The first kappa shape index (κ1) is 13.6. The summed E-state index contributed by atoms with van der Waals surface area (Å²) in [5, 5.41) is 3.78. The Labute approximate surface area is 121 Å². The lowest BCUT2D eigenvalue weighted by molar-refractivity contribution is 0.187. The molecule has 1 aromatic carbocycles. The monoisotopic (exact) mass is 345 g/mol. The number of nitrogens with zero attached hydrogens (tertiary/aromatic N) is 2. The van der Waals surface area contributed by atoms with E-state index in [4.69, 9.17) is 15.0 Å². The van der Waals surface area contributed by atoms with Crippen LogP contribution in [0.5, 0.6) is 0 Å². The van der Waals surface area contributed by atoms with Gasteiger partial charge in [0.25, 0.3) is 0 Å². The van der Waals surface area contributed by atoms with Crippen molar-refractivity contribution in [1.82, 2.24) is 10.1 Å². The Kier molecular flexibility index (Phi) is 3.53. The normalized spacial score (nSPS) is 22.4. The van der Waals surface area contributed by atoms with Crippen LogP contribution in [0.15, 0.2) is 21.1 Å². The fourth-order valence-corrected chi connectivity index (χ4v) is 2.52. The van der Waals surface area contributed by atoms with Crippen LogP contribution < -0.4 is 5.73 Å². The molecule has 2 atom stereocenters. The zero-order chi connectivity index (χ0) is 14.3. The second kappa shape index (κ2) is 5.19. The lowest BCUT2D eigenvalue weighted by Gasteiger charge is -2.06. The predicted octanol–water partition coefficient (Wildman–Crippen LogP) is 2.22. The topological polar surface area (TPSA) is 74.2 Å². The minimum absolute atomic E-state index is 0.0446. The molecule has 2 unspecified atom stereocenters. The molecule has 0 amide bonds. The van der Waals surface area contributed by atoms with E-state index in [2.05, 4.69) is 26.1 Å². The van der Waals surface area contributed by atoms with Crippen LogP contribution in [0.4, 0.5) is 8.78 Å². The van der Waals surface area contributed by atoms with Gasteiger partial charge in [-0.1, -0.05) is 5.16 Å². The van der Waals surface area contributed by atoms with Crippen molar-refractivity contribution in [2.45, 2.75) is 12.0 Å². The van der Waals surface area contributed by atoms with Crippen LogP contribution in [0, 0.1) is 11.6 Å². The number of hydrogen-bond acceptors (Lipinski definition) is 5. The highest BCUT2D eigenvalue weighted by Crippen LogP contribution is 2.31. The molecule has 2 N–H and O–H groups in total. The maximum Gasteiger partial charge on any atom is 0.234 e. The minimum atomic E-state index is -0.991. The molecule has 1 aliphatic rings. The highest BCUT2D eigenvalue weighted by Gasteiger charge is 2.31. The highest BCUT2D eigenvalue weighted by molar-refractivity contribution is 9.10. The summed E-state index contributed by atoms with van der Waals surface area (Å²) in [5.41, 5.74) is 6.17. The third-order valence-corrected chi connectivity index (χ3v) is 3.93. The van der Waals surface area contributed by atoms with Crippen molar-refractivity contribution in [2.75, 3.05) is 13.2 Å². The average Bonchev–Trinajstić information content (AvgIpc) is 3.05. The predicted molar refractivity (Wildman–Crippen MR) is 68.9 cm³/mol. The third kappa shape index (κ3) is 2.23. The van der Waals surface area contributed by atoms with Crippen LogP contribution in [-0.4, -0.2) is 29.4 Å². The molecule has 8 heteroatoms. The van der Waals surface area contributed by atoms with Crippen LogP contribution in [-0.2, 0) is 4.74 Å². The molecule has 0 radical (unpaired) electrons. The standard InChI is InChI=1S/C12H10BrF2N3O2/c13-9-5(1-2-7(14)10(9)15)11-17-12(20-18-11)6-3-19-4-8(6)16/h1-2,6,8H,3-4,16H2. The summed E-state index contributed by atoms with van der Waals surface area (Å²) in [7, 11) is 0. The number of aromatic nitrogens is 2. The van der Waals surface area contributed by atoms with Gasteiger partial charge in [-0.3, -0.25) is 0 Å². The maximum atomic E-state index is 13.5. The zero-order valence-corrected chi connectivity index (χ0v) is 11.7. The third-order valence-electron chi connectivity index (χ3n) is 3.16. The van der Waals surface area contributed by atoms with E-state index in [0.29, 0.717) is 24.7 Å². The number of ether oxygens (including phenoxy) is 1. The molecule has 1 saturated heterocycles. The van der Waals surface area contributed by atoms with E-state index >= 15 is 0 Å². The smallest absolute Gasteiger partial charge is 0.234 e. The second-order valence-electron chi connectivity index (χ2n) is 4.49. The lowest BCUT2D eigenvalue weighted by Crippen LogP contribution is -2.26. The van der Waals surface area contributed by atoms with Gasteiger partial charge in [-0.25, -0.2) is 8.78 Å². The molecule has 0 bridgehead atoms. The summed E-state index contributed by atoms with van der Waals surface area (Å²) in [6.07, 6.45) is 0. The number of halogens is 3. The largest absolute Gasteiger partial charge is 0.379 e. The van der Waals surface area contributed by atoms with Gasteiger partial charge in [-0.2, -0.15) is 4.98 Å². The molecule has 2 aromatic rings. The molecule has 2 heterocycles. The number of nitrogens with two attached hydrogens (primary N) is 1. The van der Waals surface area contributed by atoms with Gasteiger partial charge in [-0.05, 0) is 28.1 Å². The number of hydrogen-bond donors (Lipinski definition) is 1. The van der Waals surface area contributed by atoms with E-state index in [1.54, 1.807) is 0 Å². The number of benzene rings is 1. The van der Waals surface area contributed by atoms with Gasteiger partial charge in [0.05, 0.1) is 23.6 Å². The van der Waals surface area contributed by atoms with E-state index in [-0.39, 0.29) is 22.3 Å². The van der Waals surface area contributed by atoms with E-state index in [1.165, 1.54) is 6.07 Å². The SMILES string of the molecule is NC1COCC1c1nc(-c2ccc(F)c(F)c2Br)no1. The van der Waals surface area contributed by atoms with Gasteiger partial charge in [0.2, 0.25) is 11.7 Å². The van der Waals surface area contributed by atoms with Gasteiger partial charge in [0.1, 0.15) is 0 Å². The average molecular weight is 346 g/mol. The summed E-state index contributed by atoms with van der Waals surface area (Å²) in [5.74, 6) is -1.61. The zero-order valence-electron chi connectivity index (χ0n) is 10.1. The summed E-state index contributed by atoms with van der Waals surface area (Å²) in [6, 6.07) is 2.18. The Balaban J connectivity index is 1.96. The molecule has 1 aliphatic heterocycles. The van der Waals surface area contributed by atoms with Crippen molar-refractivity contribution in [3.8, 4) is 11.4 Å². The molecular weight excluding hydrogens is 336 g/mol. The second-order valence-corrected chi connectivity index (χ2v) is 5.28. The molecule has 0 aliphatic carbocycles. The van der Waals surface area contributed by atoms with Crippen LogP contribution in [0.2, 0.25) is 0 Å².